The summed E-state index contributed by atoms with van der Waals surface area (Å²) in [6, 6.07) is 8.05. The van der Waals surface area contributed by atoms with Crippen molar-refractivity contribution in [3.8, 4) is 5.69 Å². The number of benzene rings is 1. The van der Waals surface area contributed by atoms with Gasteiger partial charge in [0.2, 0.25) is 0 Å². The number of rotatable bonds is 4. The maximum absolute atomic E-state index is 13.2. The number of aryl methyl sites for hydroxylation is 1. The van der Waals surface area contributed by atoms with Crippen molar-refractivity contribution in [3.63, 3.8) is 0 Å². The van der Waals surface area contributed by atoms with Gasteiger partial charge in [-0.1, -0.05) is 26.1 Å². The minimum atomic E-state index is -0.428. The third kappa shape index (κ3) is 2.65. The van der Waals surface area contributed by atoms with Gasteiger partial charge in [0.25, 0.3) is 5.56 Å². The van der Waals surface area contributed by atoms with E-state index in [1.807, 2.05) is 35.8 Å². The van der Waals surface area contributed by atoms with E-state index in [9.17, 15) is 9.59 Å². The van der Waals surface area contributed by atoms with Gasteiger partial charge in [-0.25, -0.2) is 14.3 Å². The minimum absolute atomic E-state index is 0.217. The average molecular weight is 356 g/mol. The molecule has 0 aliphatic heterocycles. The van der Waals surface area contributed by atoms with Crippen molar-refractivity contribution in [3.05, 3.63) is 57.0 Å². The topological polar surface area (TPSA) is 61.8 Å². The first-order valence-corrected chi connectivity index (χ1v) is 10.8. The maximum atomic E-state index is 13.2. The van der Waals surface area contributed by atoms with Crippen LogP contribution in [0.4, 0.5) is 0 Å². The highest BCUT2D eigenvalue weighted by atomic mass is 31.1. The summed E-state index contributed by atoms with van der Waals surface area (Å²) in [7, 11) is -0.428. The number of fused-ring (bicyclic) bond motifs is 1. The Labute approximate surface area is 146 Å². The number of hydrogen-bond acceptors (Lipinski definition) is 3. The van der Waals surface area contributed by atoms with Crippen LogP contribution in [0.15, 0.2) is 40.2 Å². The molecule has 25 heavy (non-hydrogen) atoms. The van der Waals surface area contributed by atoms with E-state index in [0.29, 0.717) is 23.5 Å². The monoisotopic (exact) mass is 356 g/mol. The van der Waals surface area contributed by atoms with Crippen molar-refractivity contribution < 1.29 is 0 Å². The highest BCUT2D eigenvalue weighted by Crippen LogP contribution is 2.36. The van der Waals surface area contributed by atoms with Crippen LogP contribution in [-0.4, -0.2) is 32.0 Å². The van der Waals surface area contributed by atoms with E-state index < -0.39 is 7.92 Å². The fourth-order valence-corrected chi connectivity index (χ4v) is 4.03. The van der Waals surface area contributed by atoms with E-state index in [1.54, 1.807) is 10.9 Å². The first-order chi connectivity index (χ1) is 12.0. The fourth-order valence-electron chi connectivity index (χ4n) is 3.22. The molecule has 1 aliphatic rings. The van der Waals surface area contributed by atoms with Crippen LogP contribution in [0.1, 0.15) is 24.4 Å². The van der Waals surface area contributed by atoms with E-state index in [-0.39, 0.29) is 11.2 Å². The quantitative estimate of drug-likeness (QED) is 0.675. The van der Waals surface area contributed by atoms with Crippen LogP contribution in [0.25, 0.3) is 16.9 Å². The Morgan fingerprint density at radius 2 is 1.92 bits per heavy atom. The molecule has 1 fully saturated rings. The minimum Gasteiger partial charge on any atom is -0.322 e. The molecule has 3 aromatic rings. The predicted octanol–water partition coefficient (Wildman–Crippen LogP) is 2.69. The average Bonchev–Trinajstić information content (AvgIpc) is 3.32. The molecule has 0 bridgehead atoms. The maximum Gasteiger partial charge on any atom is 0.337 e. The first kappa shape index (κ1) is 16.3. The molecule has 2 heterocycles. The molecule has 1 aliphatic carbocycles. The van der Waals surface area contributed by atoms with Gasteiger partial charge in [-0.15, -0.1) is 0 Å². The molecule has 0 unspecified atom stereocenters. The van der Waals surface area contributed by atoms with Crippen molar-refractivity contribution in [2.75, 3.05) is 13.3 Å². The van der Waals surface area contributed by atoms with Gasteiger partial charge in [0.15, 0.2) is 11.2 Å². The summed E-state index contributed by atoms with van der Waals surface area (Å²) < 4.78 is 4.95. The molecule has 0 spiro atoms. The molecule has 2 aromatic heterocycles. The molecule has 0 radical (unpaired) electrons. The molecule has 4 rings (SSSR count). The van der Waals surface area contributed by atoms with Crippen LogP contribution >= 0.6 is 7.92 Å². The Morgan fingerprint density at radius 3 is 2.56 bits per heavy atom. The summed E-state index contributed by atoms with van der Waals surface area (Å²) in [4.78, 5) is 30.7. The molecule has 0 atom stereocenters. The first-order valence-electron chi connectivity index (χ1n) is 8.42. The number of hydrogen-bond donors (Lipinski definition) is 0. The van der Waals surface area contributed by atoms with E-state index in [1.165, 1.54) is 4.57 Å². The summed E-state index contributed by atoms with van der Waals surface area (Å²) in [5, 5.41) is 0. The number of imidazole rings is 1. The Bertz CT molecular complexity index is 1070. The van der Waals surface area contributed by atoms with Crippen molar-refractivity contribution in [2.45, 2.75) is 32.1 Å². The summed E-state index contributed by atoms with van der Waals surface area (Å²) in [5.41, 5.74) is 2.25. The van der Waals surface area contributed by atoms with Gasteiger partial charge in [-0.3, -0.25) is 9.36 Å². The summed E-state index contributed by atoms with van der Waals surface area (Å²) in [6.45, 7) is 6.11. The molecule has 130 valence electrons. The van der Waals surface area contributed by atoms with Crippen molar-refractivity contribution in [2.24, 2.45) is 0 Å². The van der Waals surface area contributed by atoms with Crippen LogP contribution in [0, 0.1) is 6.92 Å². The second kappa shape index (κ2) is 5.95. The number of aromatic nitrogens is 4. The van der Waals surface area contributed by atoms with Crippen molar-refractivity contribution >= 4 is 19.1 Å². The molecule has 0 amide bonds. The number of para-hydroxylation sites is 1. The Balaban J connectivity index is 2.13. The van der Waals surface area contributed by atoms with Crippen LogP contribution < -0.4 is 11.2 Å². The normalized spacial score (nSPS) is 14.6. The van der Waals surface area contributed by atoms with Gasteiger partial charge >= 0.3 is 5.69 Å². The van der Waals surface area contributed by atoms with Crippen LogP contribution in [0.5, 0.6) is 0 Å². The fraction of sp³-hybridized carbons (Fsp3) is 0.389. The van der Waals surface area contributed by atoms with Crippen molar-refractivity contribution in [1.82, 2.24) is 18.7 Å². The molecule has 0 N–H and O–H groups in total. The molecular formula is C18H21N4O2P. The molecule has 0 saturated heterocycles. The van der Waals surface area contributed by atoms with Crippen LogP contribution in [0.2, 0.25) is 0 Å². The van der Waals surface area contributed by atoms with Gasteiger partial charge in [-0.2, -0.15) is 0 Å². The van der Waals surface area contributed by atoms with E-state index in [0.717, 1.165) is 24.1 Å². The lowest BCUT2D eigenvalue weighted by Gasteiger charge is -2.15. The second-order valence-electron chi connectivity index (χ2n) is 6.91. The Hall–Kier alpha value is -2.20. The van der Waals surface area contributed by atoms with Gasteiger partial charge in [0.1, 0.15) is 0 Å². The zero-order chi connectivity index (χ0) is 17.7. The molecular weight excluding hydrogens is 335 g/mol. The molecule has 7 heteroatoms. The van der Waals surface area contributed by atoms with Gasteiger partial charge in [0.05, 0.1) is 12.0 Å². The molecule has 1 saturated carbocycles. The largest absolute Gasteiger partial charge is 0.337 e. The lowest BCUT2D eigenvalue weighted by atomic mass is 10.2. The SMILES string of the molecule is Cc1ccccc1-n1c(=O)n(CP(C)C)c(=O)c2c1ncn2C1CC1. The smallest absolute Gasteiger partial charge is 0.322 e. The van der Waals surface area contributed by atoms with Crippen molar-refractivity contribution in [1.29, 1.82) is 0 Å². The molecule has 1 aromatic carbocycles. The van der Waals surface area contributed by atoms with Crippen LogP contribution in [-0.2, 0) is 6.29 Å². The Kier molecular flexibility index (Phi) is 3.88. The zero-order valence-corrected chi connectivity index (χ0v) is 15.5. The van der Waals surface area contributed by atoms with E-state index in [4.69, 9.17) is 0 Å². The van der Waals surface area contributed by atoms with Gasteiger partial charge < -0.3 is 4.57 Å². The highest BCUT2D eigenvalue weighted by molar-refractivity contribution is 7.54. The van der Waals surface area contributed by atoms with E-state index in [2.05, 4.69) is 18.3 Å². The zero-order valence-electron chi connectivity index (χ0n) is 14.6. The lowest BCUT2D eigenvalue weighted by Crippen LogP contribution is -2.40. The molecule has 6 nitrogen and oxygen atoms in total. The lowest BCUT2D eigenvalue weighted by molar-refractivity contribution is 0.711. The summed E-state index contributed by atoms with van der Waals surface area (Å²) in [5.74, 6) is 0. The number of nitrogens with zero attached hydrogens (tertiary/aromatic N) is 4. The van der Waals surface area contributed by atoms with E-state index >= 15 is 0 Å². The highest BCUT2D eigenvalue weighted by Gasteiger charge is 2.28. The summed E-state index contributed by atoms with van der Waals surface area (Å²) >= 11 is 0. The van der Waals surface area contributed by atoms with Gasteiger partial charge in [-0.05, 0) is 44.7 Å². The third-order valence-electron chi connectivity index (χ3n) is 4.58. The predicted molar refractivity (Wildman–Crippen MR) is 101 cm³/mol. The third-order valence-corrected chi connectivity index (χ3v) is 5.43. The van der Waals surface area contributed by atoms with Crippen LogP contribution in [0.3, 0.4) is 0 Å². The summed E-state index contributed by atoms with van der Waals surface area (Å²) in [6.07, 6.45) is 4.29. The Morgan fingerprint density at radius 1 is 1.20 bits per heavy atom. The second-order valence-corrected chi connectivity index (χ2v) is 9.36. The van der Waals surface area contributed by atoms with Gasteiger partial charge in [0, 0.05) is 12.3 Å². The standard InChI is InChI=1S/C18H21N4O2P/c1-12-6-4-5-7-14(12)22-16-15(20(10-19-16)13-8-9-13)17(23)21(18(22)24)11-25(2)3/h4-7,10,13H,8-9,11H2,1-3H3.